The van der Waals surface area contributed by atoms with Gasteiger partial charge in [-0.3, -0.25) is 4.79 Å². The molecule has 1 amide bonds. The van der Waals surface area contributed by atoms with Crippen molar-refractivity contribution in [2.24, 2.45) is 16.2 Å². The molecule has 1 saturated carbocycles. The molecule has 15 heavy (non-hydrogen) atoms. The number of fused-ring (bicyclic) bond motifs is 1. The SMILES string of the molecule is CC1=C(C)[C@@]2(C)NC(=O)[C@@]3(C)[C@]1(C)[C@@]32C. The van der Waals surface area contributed by atoms with E-state index in [1.165, 1.54) is 11.1 Å². The Morgan fingerprint density at radius 1 is 0.933 bits per heavy atom. The van der Waals surface area contributed by atoms with Gasteiger partial charge in [-0.25, -0.2) is 0 Å². The maximum Gasteiger partial charge on any atom is 0.228 e. The smallest absolute Gasteiger partial charge is 0.228 e. The minimum Gasteiger partial charge on any atom is -0.346 e. The summed E-state index contributed by atoms with van der Waals surface area (Å²) in [6.45, 7) is 13.2. The largest absolute Gasteiger partial charge is 0.346 e. The summed E-state index contributed by atoms with van der Waals surface area (Å²) in [4.78, 5) is 12.2. The number of nitrogens with one attached hydrogen (secondary N) is 1. The van der Waals surface area contributed by atoms with Gasteiger partial charge in [0.15, 0.2) is 0 Å². The molecular formula is C13H19NO. The van der Waals surface area contributed by atoms with Gasteiger partial charge in [0.2, 0.25) is 5.91 Å². The van der Waals surface area contributed by atoms with E-state index in [2.05, 4.69) is 46.9 Å². The van der Waals surface area contributed by atoms with E-state index in [1.54, 1.807) is 0 Å². The van der Waals surface area contributed by atoms with Crippen LogP contribution in [-0.4, -0.2) is 11.4 Å². The molecule has 1 heterocycles. The fourth-order valence-corrected chi connectivity index (χ4v) is 5.02. The average Bonchev–Trinajstić information content (AvgIpc) is 2.48. The van der Waals surface area contributed by atoms with Gasteiger partial charge < -0.3 is 5.32 Å². The lowest BCUT2D eigenvalue weighted by molar-refractivity contribution is -0.125. The van der Waals surface area contributed by atoms with Gasteiger partial charge in [0.25, 0.3) is 0 Å². The van der Waals surface area contributed by atoms with Crippen molar-refractivity contribution < 1.29 is 4.79 Å². The van der Waals surface area contributed by atoms with Crippen LogP contribution in [0.1, 0.15) is 41.5 Å². The molecule has 0 bridgehead atoms. The van der Waals surface area contributed by atoms with Gasteiger partial charge in [-0.2, -0.15) is 0 Å². The predicted molar refractivity (Wildman–Crippen MR) is 59.2 cm³/mol. The lowest BCUT2D eigenvalue weighted by Crippen LogP contribution is -2.47. The zero-order chi connectivity index (χ0) is 11.4. The van der Waals surface area contributed by atoms with Gasteiger partial charge in [-0.1, -0.05) is 19.4 Å². The molecule has 0 aromatic carbocycles. The quantitative estimate of drug-likeness (QED) is 0.604. The lowest BCUT2D eigenvalue weighted by Gasteiger charge is -2.31. The molecule has 1 N–H and O–H groups in total. The fourth-order valence-electron chi connectivity index (χ4n) is 5.02. The third-order valence-corrected chi connectivity index (χ3v) is 6.82. The van der Waals surface area contributed by atoms with E-state index in [4.69, 9.17) is 0 Å². The normalized spacial score (nSPS) is 60.8. The highest BCUT2D eigenvalue weighted by Crippen LogP contribution is 2.91. The van der Waals surface area contributed by atoms with Gasteiger partial charge in [0.05, 0.1) is 11.0 Å². The highest BCUT2D eigenvalue weighted by molar-refractivity contribution is 5.97. The van der Waals surface area contributed by atoms with Crippen LogP contribution in [0.2, 0.25) is 0 Å². The summed E-state index contributed by atoms with van der Waals surface area (Å²) in [6.07, 6.45) is 0. The topological polar surface area (TPSA) is 29.1 Å². The molecule has 0 radical (unpaired) electrons. The zero-order valence-corrected chi connectivity index (χ0v) is 10.4. The Balaban J connectivity index is 2.38. The molecule has 1 saturated heterocycles. The summed E-state index contributed by atoms with van der Waals surface area (Å²) in [5.41, 5.74) is 2.67. The molecule has 3 aliphatic rings. The van der Waals surface area contributed by atoms with Crippen molar-refractivity contribution >= 4 is 5.91 Å². The number of piperidine rings is 1. The summed E-state index contributed by atoms with van der Waals surface area (Å²) in [7, 11) is 0. The maximum atomic E-state index is 12.2. The van der Waals surface area contributed by atoms with Crippen LogP contribution in [0, 0.1) is 16.2 Å². The number of amides is 1. The van der Waals surface area contributed by atoms with Crippen molar-refractivity contribution in [1.82, 2.24) is 5.32 Å². The van der Waals surface area contributed by atoms with E-state index >= 15 is 0 Å². The van der Waals surface area contributed by atoms with Crippen LogP contribution in [-0.2, 0) is 4.79 Å². The Morgan fingerprint density at radius 2 is 1.47 bits per heavy atom. The first-order valence-electron chi connectivity index (χ1n) is 5.70. The molecule has 2 fully saturated rings. The minimum absolute atomic E-state index is 0.0816. The maximum absolute atomic E-state index is 12.2. The molecule has 82 valence electrons. The van der Waals surface area contributed by atoms with Crippen LogP contribution in [0.3, 0.4) is 0 Å². The Hall–Kier alpha value is -0.790. The second-order valence-electron chi connectivity index (χ2n) is 6.20. The van der Waals surface area contributed by atoms with Crippen molar-refractivity contribution in [3.8, 4) is 0 Å². The Labute approximate surface area is 91.1 Å². The van der Waals surface area contributed by atoms with Gasteiger partial charge >= 0.3 is 0 Å². The second kappa shape index (κ2) is 1.79. The molecule has 2 aliphatic carbocycles. The summed E-state index contributed by atoms with van der Waals surface area (Å²) < 4.78 is 0. The zero-order valence-electron chi connectivity index (χ0n) is 10.4. The van der Waals surface area contributed by atoms with E-state index in [0.717, 1.165) is 0 Å². The van der Waals surface area contributed by atoms with Crippen LogP contribution < -0.4 is 5.32 Å². The van der Waals surface area contributed by atoms with Crippen molar-refractivity contribution in [3.05, 3.63) is 11.1 Å². The monoisotopic (exact) mass is 205 g/mol. The predicted octanol–water partition coefficient (Wildman–Crippen LogP) is 2.26. The number of carbonyl (C=O) groups excluding carboxylic acids is 1. The fraction of sp³-hybridized carbons (Fsp3) is 0.769. The number of allylic oxidation sites excluding steroid dienone is 1. The van der Waals surface area contributed by atoms with Crippen molar-refractivity contribution in [2.75, 3.05) is 0 Å². The molecule has 3 rings (SSSR count). The van der Waals surface area contributed by atoms with Crippen LogP contribution in [0.25, 0.3) is 0 Å². The number of rotatable bonds is 0. The molecule has 0 aromatic heterocycles. The molecule has 4 atom stereocenters. The second-order valence-corrected chi connectivity index (χ2v) is 6.20. The minimum atomic E-state index is -0.182. The van der Waals surface area contributed by atoms with E-state index in [1.807, 2.05) is 0 Å². The molecule has 0 spiro atoms. The third kappa shape index (κ3) is 0.458. The van der Waals surface area contributed by atoms with Crippen LogP contribution >= 0.6 is 0 Å². The summed E-state index contributed by atoms with van der Waals surface area (Å²) in [5.74, 6) is 0.242. The first-order chi connectivity index (χ1) is 6.69. The number of carbonyl (C=O) groups is 1. The van der Waals surface area contributed by atoms with E-state index in [9.17, 15) is 4.79 Å². The molecular weight excluding hydrogens is 186 g/mol. The van der Waals surface area contributed by atoms with E-state index < -0.39 is 0 Å². The van der Waals surface area contributed by atoms with Crippen LogP contribution in [0.4, 0.5) is 0 Å². The summed E-state index contributed by atoms with van der Waals surface area (Å²) in [6, 6.07) is 0. The van der Waals surface area contributed by atoms with Crippen LogP contribution in [0.15, 0.2) is 11.1 Å². The molecule has 0 aromatic rings. The van der Waals surface area contributed by atoms with Crippen molar-refractivity contribution in [1.29, 1.82) is 0 Å². The Kier molecular flexibility index (Phi) is 1.12. The van der Waals surface area contributed by atoms with E-state index in [0.29, 0.717) is 0 Å². The first-order valence-corrected chi connectivity index (χ1v) is 5.70. The lowest BCUT2D eigenvalue weighted by atomic mass is 9.79. The standard InChI is InChI=1S/C13H19NO/c1-7-8(2)12(5)13(6)10(7,3)11(13,4)9(15)14-12/h1-6H3,(H,14,15)/t10-,11+,12-,13+/m1/s1. The van der Waals surface area contributed by atoms with Gasteiger partial charge in [-0.05, 0) is 33.3 Å². The number of hydrogen-bond donors (Lipinski definition) is 1. The van der Waals surface area contributed by atoms with Gasteiger partial charge in [0.1, 0.15) is 0 Å². The van der Waals surface area contributed by atoms with Gasteiger partial charge in [-0.15, -0.1) is 0 Å². The molecule has 2 heteroatoms. The summed E-state index contributed by atoms with van der Waals surface area (Å²) in [5, 5.41) is 3.21. The van der Waals surface area contributed by atoms with Crippen molar-refractivity contribution in [2.45, 2.75) is 47.1 Å². The summed E-state index contributed by atoms with van der Waals surface area (Å²) >= 11 is 0. The molecule has 1 aliphatic heterocycles. The highest BCUT2D eigenvalue weighted by Gasteiger charge is 2.95. The third-order valence-electron chi connectivity index (χ3n) is 6.82. The average molecular weight is 205 g/mol. The number of hydrogen-bond acceptors (Lipinski definition) is 1. The van der Waals surface area contributed by atoms with Crippen molar-refractivity contribution in [3.63, 3.8) is 0 Å². The molecule has 2 nitrogen and oxygen atoms in total. The Bertz CT molecular complexity index is 445. The highest BCUT2D eigenvalue weighted by atomic mass is 16.2. The first kappa shape index (κ1) is 9.44. The Morgan fingerprint density at radius 3 is 1.87 bits per heavy atom. The van der Waals surface area contributed by atoms with Gasteiger partial charge in [0, 0.05) is 10.8 Å². The van der Waals surface area contributed by atoms with E-state index in [-0.39, 0.29) is 27.7 Å². The van der Waals surface area contributed by atoms with Crippen LogP contribution in [0.5, 0.6) is 0 Å². The molecule has 0 unspecified atom stereocenters.